The Bertz CT molecular complexity index is 762. The van der Waals surface area contributed by atoms with Crippen molar-refractivity contribution in [2.45, 2.75) is 6.92 Å². The molecular weight excluding hydrogens is 244 g/mol. The van der Waals surface area contributed by atoms with Crippen molar-refractivity contribution in [2.24, 2.45) is 0 Å². The summed E-state index contributed by atoms with van der Waals surface area (Å²) in [6.07, 6.45) is 3.26. The van der Waals surface area contributed by atoms with Crippen LogP contribution in [0.1, 0.15) is 16.2 Å². The van der Waals surface area contributed by atoms with E-state index in [4.69, 9.17) is 5.11 Å². The number of carbonyl (C=O) groups is 1. The smallest absolute Gasteiger partial charge is 0.356 e. The number of hydrogen-bond donors (Lipinski definition) is 1. The SMILES string of the molecule is Cc1ccc(-c2ccc3nc(C(=O)O)cn3c2)nn1. The van der Waals surface area contributed by atoms with Crippen molar-refractivity contribution in [1.82, 2.24) is 19.6 Å². The number of carboxylic acid groups (broad SMARTS) is 1. The Labute approximate surface area is 108 Å². The number of nitrogens with zero attached hydrogens (tertiary/aromatic N) is 4. The van der Waals surface area contributed by atoms with E-state index >= 15 is 0 Å². The molecular formula is C13H10N4O2. The monoisotopic (exact) mass is 254 g/mol. The highest BCUT2D eigenvalue weighted by molar-refractivity contribution is 5.86. The molecule has 0 aliphatic heterocycles. The van der Waals surface area contributed by atoms with Gasteiger partial charge in [0.1, 0.15) is 5.65 Å². The first kappa shape index (κ1) is 11.3. The highest BCUT2D eigenvalue weighted by Crippen LogP contribution is 2.17. The molecule has 0 aromatic carbocycles. The number of fused-ring (bicyclic) bond motifs is 1. The van der Waals surface area contributed by atoms with Crippen molar-refractivity contribution in [3.05, 3.63) is 48.0 Å². The fourth-order valence-corrected chi connectivity index (χ4v) is 1.80. The van der Waals surface area contributed by atoms with E-state index in [0.717, 1.165) is 17.0 Å². The van der Waals surface area contributed by atoms with Gasteiger partial charge in [-0.15, -0.1) is 0 Å². The van der Waals surface area contributed by atoms with Crippen LogP contribution >= 0.6 is 0 Å². The van der Waals surface area contributed by atoms with Crippen molar-refractivity contribution < 1.29 is 9.90 Å². The topological polar surface area (TPSA) is 80.4 Å². The average Bonchev–Trinajstić information content (AvgIpc) is 2.82. The summed E-state index contributed by atoms with van der Waals surface area (Å²) in [7, 11) is 0. The number of aromatic nitrogens is 4. The second-order valence-corrected chi connectivity index (χ2v) is 4.17. The fraction of sp³-hybridized carbons (Fsp3) is 0.0769. The van der Waals surface area contributed by atoms with Crippen LogP contribution in [0, 0.1) is 6.92 Å². The summed E-state index contributed by atoms with van der Waals surface area (Å²) in [5, 5.41) is 17.0. The molecule has 1 N–H and O–H groups in total. The normalized spacial score (nSPS) is 10.8. The molecule has 6 heteroatoms. The molecule has 0 fully saturated rings. The van der Waals surface area contributed by atoms with Crippen LogP contribution in [-0.4, -0.2) is 30.7 Å². The van der Waals surface area contributed by atoms with Gasteiger partial charge >= 0.3 is 5.97 Å². The number of aryl methyl sites for hydroxylation is 1. The third kappa shape index (κ3) is 2.03. The highest BCUT2D eigenvalue weighted by Gasteiger charge is 2.09. The summed E-state index contributed by atoms with van der Waals surface area (Å²) in [6, 6.07) is 7.35. The van der Waals surface area contributed by atoms with Gasteiger partial charge in [-0.3, -0.25) is 0 Å². The Morgan fingerprint density at radius 1 is 1.16 bits per heavy atom. The van der Waals surface area contributed by atoms with Crippen molar-refractivity contribution in [3.8, 4) is 11.3 Å². The summed E-state index contributed by atoms with van der Waals surface area (Å²) in [5.74, 6) is -1.04. The molecule has 0 bridgehead atoms. The van der Waals surface area contributed by atoms with Crippen LogP contribution in [0.2, 0.25) is 0 Å². The fourth-order valence-electron chi connectivity index (χ4n) is 1.80. The quantitative estimate of drug-likeness (QED) is 0.754. The number of imidazole rings is 1. The van der Waals surface area contributed by atoms with Gasteiger partial charge in [0.2, 0.25) is 0 Å². The zero-order valence-corrected chi connectivity index (χ0v) is 10.1. The summed E-state index contributed by atoms with van der Waals surface area (Å²) >= 11 is 0. The second kappa shape index (κ2) is 4.16. The molecule has 3 aromatic rings. The van der Waals surface area contributed by atoms with Gasteiger partial charge < -0.3 is 9.51 Å². The lowest BCUT2D eigenvalue weighted by atomic mass is 10.2. The van der Waals surface area contributed by atoms with Gasteiger partial charge in [0, 0.05) is 18.0 Å². The maximum atomic E-state index is 10.9. The number of pyridine rings is 1. The number of aromatic carboxylic acids is 1. The summed E-state index contributed by atoms with van der Waals surface area (Å²) < 4.78 is 1.67. The van der Waals surface area contributed by atoms with Gasteiger partial charge in [0.05, 0.1) is 11.4 Å². The van der Waals surface area contributed by atoms with E-state index in [1.165, 1.54) is 6.20 Å². The van der Waals surface area contributed by atoms with Crippen LogP contribution in [0.25, 0.3) is 16.9 Å². The molecule has 0 saturated carbocycles. The maximum Gasteiger partial charge on any atom is 0.356 e. The van der Waals surface area contributed by atoms with Gasteiger partial charge in [-0.05, 0) is 31.2 Å². The zero-order chi connectivity index (χ0) is 13.4. The Morgan fingerprint density at radius 2 is 2.00 bits per heavy atom. The first-order chi connectivity index (χ1) is 9.13. The molecule has 0 unspecified atom stereocenters. The van der Waals surface area contributed by atoms with Gasteiger partial charge in [-0.2, -0.15) is 10.2 Å². The molecule has 6 nitrogen and oxygen atoms in total. The largest absolute Gasteiger partial charge is 0.476 e. The summed E-state index contributed by atoms with van der Waals surface area (Å²) in [6.45, 7) is 1.87. The number of carboxylic acids is 1. The first-order valence-electron chi connectivity index (χ1n) is 5.66. The van der Waals surface area contributed by atoms with Crippen molar-refractivity contribution in [1.29, 1.82) is 0 Å². The van der Waals surface area contributed by atoms with Crippen LogP contribution in [0.5, 0.6) is 0 Å². The lowest BCUT2D eigenvalue weighted by molar-refractivity contribution is 0.0691. The Morgan fingerprint density at radius 3 is 2.68 bits per heavy atom. The van der Waals surface area contributed by atoms with Crippen LogP contribution in [0.4, 0.5) is 0 Å². The van der Waals surface area contributed by atoms with Crippen molar-refractivity contribution in [2.75, 3.05) is 0 Å². The predicted molar refractivity (Wildman–Crippen MR) is 67.9 cm³/mol. The molecule has 3 heterocycles. The molecule has 19 heavy (non-hydrogen) atoms. The van der Waals surface area contributed by atoms with Gasteiger partial charge in [-0.25, -0.2) is 9.78 Å². The molecule has 0 atom stereocenters. The average molecular weight is 254 g/mol. The zero-order valence-electron chi connectivity index (χ0n) is 10.1. The molecule has 0 saturated heterocycles. The maximum absolute atomic E-state index is 10.9. The lowest BCUT2D eigenvalue weighted by Crippen LogP contribution is -1.94. The number of rotatable bonds is 2. The Balaban J connectivity index is 2.10. The minimum Gasteiger partial charge on any atom is -0.476 e. The summed E-state index contributed by atoms with van der Waals surface area (Å²) in [4.78, 5) is 14.9. The van der Waals surface area contributed by atoms with Crippen LogP contribution < -0.4 is 0 Å². The molecule has 3 aromatic heterocycles. The minimum atomic E-state index is -1.04. The van der Waals surface area contributed by atoms with E-state index in [9.17, 15) is 4.79 Å². The summed E-state index contributed by atoms with van der Waals surface area (Å²) in [5.41, 5.74) is 3.04. The lowest BCUT2D eigenvalue weighted by Gasteiger charge is -2.01. The van der Waals surface area contributed by atoms with Gasteiger partial charge in [-0.1, -0.05) is 0 Å². The van der Waals surface area contributed by atoms with Crippen LogP contribution in [0.3, 0.4) is 0 Å². The Hall–Kier alpha value is -2.76. The van der Waals surface area contributed by atoms with E-state index in [1.807, 2.05) is 25.1 Å². The molecule has 0 aliphatic rings. The molecule has 3 rings (SSSR count). The highest BCUT2D eigenvalue weighted by atomic mass is 16.4. The molecule has 0 amide bonds. The van der Waals surface area contributed by atoms with E-state index in [1.54, 1.807) is 16.7 Å². The van der Waals surface area contributed by atoms with E-state index in [0.29, 0.717) is 5.65 Å². The molecule has 0 aliphatic carbocycles. The van der Waals surface area contributed by atoms with Crippen molar-refractivity contribution >= 4 is 11.6 Å². The molecule has 94 valence electrons. The van der Waals surface area contributed by atoms with Crippen molar-refractivity contribution in [3.63, 3.8) is 0 Å². The Kier molecular flexibility index (Phi) is 2.49. The third-order valence-electron chi connectivity index (χ3n) is 2.76. The number of hydrogen-bond acceptors (Lipinski definition) is 4. The van der Waals surface area contributed by atoms with Crippen LogP contribution in [-0.2, 0) is 0 Å². The predicted octanol–water partition coefficient (Wildman–Crippen LogP) is 1.80. The van der Waals surface area contributed by atoms with Gasteiger partial charge in [0.25, 0.3) is 0 Å². The van der Waals surface area contributed by atoms with E-state index in [2.05, 4.69) is 15.2 Å². The molecule has 0 spiro atoms. The van der Waals surface area contributed by atoms with Gasteiger partial charge in [0.15, 0.2) is 5.69 Å². The minimum absolute atomic E-state index is 0.0205. The second-order valence-electron chi connectivity index (χ2n) is 4.17. The molecule has 0 radical (unpaired) electrons. The van der Waals surface area contributed by atoms with Crippen LogP contribution in [0.15, 0.2) is 36.7 Å². The van der Waals surface area contributed by atoms with E-state index in [-0.39, 0.29) is 5.69 Å². The first-order valence-corrected chi connectivity index (χ1v) is 5.66. The van der Waals surface area contributed by atoms with E-state index < -0.39 is 5.97 Å². The third-order valence-corrected chi connectivity index (χ3v) is 2.76. The standard InChI is InChI=1S/C13H10N4O2/c1-8-2-4-10(16-15-8)9-3-5-12-14-11(13(18)19)7-17(12)6-9/h2-7H,1H3,(H,18,19).